The fourth-order valence-corrected chi connectivity index (χ4v) is 2.38. The third-order valence-electron chi connectivity index (χ3n) is 3.16. The van der Waals surface area contributed by atoms with E-state index in [4.69, 9.17) is 11.6 Å². The number of hydrogen-bond acceptors (Lipinski definition) is 2. The second-order valence-corrected chi connectivity index (χ2v) is 5.06. The van der Waals surface area contributed by atoms with E-state index in [2.05, 4.69) is 17.6 Å². The second kappa shape index (κ2) is 5.67. The van der Waals surface area contributed by atoms with Crippen LogP contribution in [0.3, 0.4) is 0 Å². The molecule has 1 aliphatic rings. The first-order valence-corrected chi connectivity index (χ1v) is 6.44. The minimum Gasteiger partial charge on any atom is -0.349 e. The van der Waals surface area contributed by atoms with Crippen LogP contribution in [0.1, 0.15) is 30.1 Å². The quantitative estimate of drug-likeness (QED) is 0.866. The molecule has 1 saturated heterocycles. The fourth-order valence-electron chi connectivity index (χ4n) is 2.21. The molecule has 3 nitrogen and oxygen atoms in total. The lowest BCUT2D eigenvalue weighted by atomic mass is 10.0. The topological polar surface area (TPSA) is 41.1 Å². The first kappa shape index (κ1) is 13.3. The third-order valence-corrected chi connectivity index (χ3v) is 3.45. The zero-order chi connectivity index (χ0) is 13.1. The predicted octanol–water partition coefficient (Wildman–Crippen LogP) is 2.35. The molecule has 2 rings (SSSR count). The van der Waals surface area contributed by atoms with Crippen LogP contribution in [0.25, 0.3) is 0 Å². The highest BCUT2D eigenvalue weighted by Crippen LogP contribution is 2.18. The van der Waals surface area contributed by atoms with Crippen molar-refractivity contribution in [3.63, 3.8) is 0 Å². The van der Waals surface area contributed by atoms with Crippen molar-refractivity contribution < 1.29 is 9.18 Å². The molecule has 0 bridgehead atoms. The van der Waals surface area contributed by atoms with Gasteiger partial charge in [-0.15, -0.1) is 0 Å². The summed E-state index contributed by atoms with van der Waals surface area (Å²) in [5.41, 5.74) is 0.00804. The average molecular weight is 271 g/mol. The van der Waals surface area contributed by atoms with Gasteiger partial charge >= 0.3 is 0 Å². The molecule has 1 heterocycles. The highest BCUT2D eigenvalue weighted by molar-refractivity contribution is 6.31. The van der Waals surface area contributed by atoms with Crippen molar-refractivity contribution >= 4 is 17.5 Å². The molecule has 1 fully saturated rings. The van der Waals surface area contributed by atoms with E-state index in [1.165, 1.54) is 12.1 Å². The number of halogens is 2. The van der Waals surface area contributed by atoms with E-state index in [0.717, 1.165) is 19.4 Å². The van der Waals surface area contributed by atoms with Crippen molar-refractivity contribution in [2.45, 2.75) is 31.8 Å². The van der Waals surface area contributed by atoms with E-state index in [9.17, 15) is 9.18 Å². The molecule has 0 aliphatic carbocycles. The van der Waals surface area contributed by atoms with Gasteiger partial charge in [0.15, 0.2) is 5.82 Å². The molecule has 0 spiro atoms. The normalized spacial score (nSPS) is 23.7. The van der Waals surface area contributed by atoms with E-state index in [1.54, 1.807) is 6.07 Å². The summed E-state index contributed by atoms with van der Waals surface area (Å²) >= 11 is 5.66. The molecule has 18 heavy (non-hydrogen) atoms. The molecule has 1 aliphatic heterocycles. The van der Waals surface area contributed by atoms with Crippen LogP contribution in [0.5, 0.6) is 0 Å². The average Bonchev–Trinajstić information content (AvgIpc) is 2.32. The van der Waals surface area contributed by atoms with Gasteiger partial charge in [0.05, 0.1) is 10.6 Å². The number of benzene rings is 1. The summed E-state index contributed by atoms with van der Waals surface area (Å²) in [7, 11) is 0. The number of rotatable bonds is 2. The maximum Gasteiger partial charge on any atom is 0.254 e. The van der Waals surface area contributed by atoms with E-state index in [0.29, 0.717) is 6.04 Å². The molecular formula is C13H16ClFN2O. The SMILES string of the molecule is CC1CC(NC(=O)c2cccc(Cl)c2F)CCN1. The Morgan fingerprint density at radius 3 is 3.06 bits per heavy atom. The number of piperidine rings is 1. The minimum absolute atomic E-state index is 0.00804. The second-order valence-electron chi connectivity index (χ2n) is 4.65. The summed E-state index contributed by atoms with van der Waals surface area (Å²) in [6.45, 7) is 2.93. The maximum absolute atomic E-state index is 13.7. The van der Waals surface area contributed by atoms with Crippen molar-refractivity contribution in [1.82, 2.24) is 10.6 Å². The van der Waals surface area contributed by atoms with Gasteiger partial charge in [0, 0.05) is 12.1 Å². The van der Waals surface area contributed by atoms with Crippen LogP contribution in [-0.2, 0) is 0 Å². The molecule has 0 radical (unpaired) electrons. The van der Waals surface area contributed by atoms with Crippen LogP contribution in [0, 0.1) is 5.82 Å². The van der Waals surface area contributed by atoms with Gasteiger partial charge in [-0.1, -0.05) is 17.7 Å². The van der Waals surface area contributed by atoms with Crippen LogP contribution in [0.4, 0.5) is 4.39 Å². The molecule has 2 N–H and O–H groups in total. The Morgan fingerprint density at radius 1 is 1.56 bits per heavy atom. The van der Waals surface area contributed by atoms with Crippen molar-refractivity contribution in [3.8, 4) is 0 Å². The molecule has 2 atom stereocenters. The molecule has 1 aromatic carbocycles. The Balaban J connectivity index is 2.05. The van der Waals surface area contributed by atoms with E-state index in [1.807, 2.05) is 0 Å². The summed E-state index contributed by atoms with van der Waals surface area (Å²) < 4.78 is 13.7. The monoisotopic (exact) mass is 270 g/mol. The van der Waals surface area contributed by atoms with Gasteiger partial charge in [-0.3, -0.25) is 4.79 Å². The van der Waals surface area contributed by atoms with Crippen LogP contribution in [-0.4, -0.2) is 24.5 Å². The Labute approximate surface area is 111 Å². The van der Waals surface area contributed by atoms with Crippen molar-refractivity contribution in [1.29, 1.82) is 0 Å². The lowest BCUT2D eigenvalue weighted by Crippen LogP contribution is -2.46. The molecule has 1 aromatic rings. The molecule has 0 aromatic heterocycles. The molecule has 5 heteroatoms. The summed E-state index contributed by atoms with van der Waals surface area (Å²) in [5, 5.41) is 6.13. The van der Waals surface area contributed by atoms with Gasteiger partial charge in [-0.25, -0.2) is 4.39 Å². The van der Waals surface area contributed by atoms with Crippen molar-refractivity contribution in [2.24, 2.45) is 0 Å². The predicted molar refractivity (Wildman–Crippen MR) is 69.4 cm³/mol. The van der Waals surface area contributed by atoms with Gasteiger partial charge in [0.25, 0.3) is 5.91 Å². The fraction of sp³-hybridized carbons (Fsp3) is 0.462. The summed E-state index contributed by atoms with van der Waals surface area (Å²) in [6, 6.07) is 4.91. The Hall–Kier alpha value is -1.13. The summed E-state index contributed by atoms with van der Waals surface area (Å²) in [6.07, 6.45) is 1.71. The third kappa shape index (κ3) is 3.00. The van der Waals surface area contributed by atoms with Gasteiger partial charge in [-0.05, 0) is 38.4 Å². The van der Waals surface area contributed by atoms with Gasteiger partial charge in [0.1, 0.15) is 0 Å². The first-order valence-electron chi connectivity index (χ1n) is 6.06. The highest BCUT2D eigenvalue weighted by atomic mass is 35.5. The molecule has 2 unspecified atom stereocenters. The Bertz CT molecular complexity index is 453. The number of amides is 1. The minimum atomic E-state index is -0.654. The highest BCUT2D eigenvalue weighted by Gasteiger charge is 2.22. The molecular weight excluding hydrogens is 255 g/mol. The number of carbonyl (C=O) groups is 1. The van der Waals surface area contributed by atoms with Gasteiger partial charge in [0.2, 0.25) is 0 Å². The lowest BCUT2D eigenvalue weighted by Gasteiger charge is -2.28. The summed E-state index contributed by atoms with van der Waals surface area (Å²) in [4.78, 5) is 12.0. The van der Waals surface area contributed by atoms with Crippen LogP contribution in [0.15, 0.2) is 18.2 Å². The van der Waals surface area contributed by atoms with Crippen molar-refractivity contribution in [2.75, 3.05) is 6.54 Å². The van der Waals surface area contributed by atoms with E-state index in [-0.39, 0.29) is 16.6 Å². The van der Waals surface area contributed by atoms with Crippen LogP contribution >= 0.6 is 11.6 Å². The first-order chi connectivity index (χ1) is 8.58. The Kier molecular flexibility index (Phi) is 4.19. The zero-order valence-corrected chi connectivity index (χ0v) is 10.9. The van der Waals surface area contributed by atoms with Gasteiger partial charge in [-0.2, -0.15) is 0 Å². The zero-order valence-electron chi connectivity index (χ0n) is 10.2. The van der Waals surface area contributed by atoms with E-state index < -0.39 is 11.7 Å². The van der Waals surface area contributed by atoms with E-state index >= 15 is 0 Å². The number of hydrogen-bond donors (Lipinski definition) is 2. The number of nitrogens with one attached hydrogen (secondary N) is 2. The standard InChI is InChI=1S/C13H16ClFN2O/c1-8-7-9(5-6-16-8)17-13(18)10-3-2-4-11(14)12(10)15/h2-4,8-9,16H,5-7H2,1H3,(H,17,18). The van der Waals surface area contributed by atoms with Crippen molar-refractivity contribution in [3.05, 3.63) is 34.6 Å². The maximum atomic E-state index is 13.7. The molecule has 98 valence electrons. The largest absolute Gasteiger partial charge is 0.349 e. The smallest absolute Gasteiger partial charge is 0.254 e. The van der Waals surface area contributed by atoms with Crippen LogP contribution < -0.4 is 10.6 Å². The molecule has 0 saturated carbocycles. The number of carbonyl (C=O) groups excluding carboxylic acids is 1. The Morgan fingerprint density at radius 2 is 2.33 bits per heavy atom. The van der Waals surface area contributed by atoms with Crippen LogP contribution in [0.2, 0.25) is 5.02 Å². The lowest BCUT2D eigenvalue weighted by molar-refractivity contribution is 0.0921. The molecule has 1 amide bonds. The summed E-state index contributed by atoms with van der Waals surface area (Å²) in [5.74, 6) is -1.05. The van der Waals surface area contributed by atoms with Gasteiger partial charge < -0.3 is 10.6 Å².